The van der Waals surface area contributed by atoms with Gasteiger partial charge in [-0.3, -0.25) is 0 Å². The number of benzene rings is 2. The second-order valence-corrected chi connectivity index (χ2v) is 6.41. The van der Waals surface area contributed by atoms with E-state index in [9.17, 15) is 0 Å². The number of hydrogen-bond donors (Lipinski definition) is 2. The van der Waals surface area contributed by atoms with Gasteiger partial charge in [-0.2, -0.15) is 0 Å². The van der Waals surface area contributed by atoms with Crippen molar-refractivity contribution < 1.29 is 5.21 Å². The van der Waals surface area contributed by atoms with Crippen LogP contribution in [-0.4, -0.2) is 11.0 Å². The smallest absolute Gasteiger partial charge is 0.170 e. The highest BCUT2D eigenvalue weighted by molar-refractivity contribution is 9.10. The monoisotopic (exact) mass is 370 g/mol. The Morgan fingerprint density at radius 2 is 1.95 bits per heavy atom. The fourth-order valence-corrected chi connectivity index (χ4v) is 3.07. The number of nitrogens with zero attached hydrogens (tertiary/aromatic N) is 1. The summed E-state index contributed by atoms with van der Waals surface area (Å²) in [6.07, 6.45) is 0. The van der Waals surface area contributed by atoms with Crippen molar-refractivity contribution in [3.8, 4) is 0 Å². The minimum absolute atomic E-state index is 0.0546. The Balaban J connectivity index is 2.08. The van der Waals surface area contributed by atoms with Gasteiger partial charge >= 0.3 is 0 Å². The Morgan fingerprint density at radius 3 is 2.55 bits per heavy atom. The van der Waals surface area contributed by atoms with Crippen LogP contribution in [0.2, 0.25) is 5.02 Å². The molecule has 20 heavy (non-hydrogen) atoms. The highest BCUT2D eigenvalue weighted by Gasteiger charge is 2.06. The van der Waals surface area contributed by atoms with Crippen LogP contribution in [0.5, 0.6) is 0 Å². The first-order valence-corrected chi connectivity index (χ1v) is 7.90. The van der Waals surface area contributed by atoms with Gasteiger partial charge < -0.3 is 10.9 Å². The molecule has 0 unspecified atom stereocenters. The van der Waals surface area contributed by atoms with Gasteiger partial charge in [0.05, 0.1) is 0 Å². The summed E-state index contributed by atoms with van der Waals surface area (Å²) in [5.41, 5.74) is 7.14. The van der Waals surface area contributed by atoms with Crippen LogP contribution < -0.4 is 5.73 Å². The number of nitrogens with two attached hydrogens (primary N) is 1. The van der Waals surface area contributed by atoms with E-state index in [-0.39, 0.29) is 5.84 Å². The summed E-state index contributed by atoms with van der Waals surface area (Å²) in [4.78, 5) is 1.17. The summed E-state index contributed by atoms with van der Waals surface area (Å²) in [5, 5.41) is 12.2. The molecule has 0 fully saturated rings. The number of halogens is 2. The van der Waals surface area contributed by atoms with Crippen LogP contribution in [0.15, 0.2) is 57.0 Å². The van der Waals surface area contributed by atoms with Gasteiger partial charge in [-0.15, -0.1) is 11.8 Å². The molecule has 0 aromatic heterocycles. The molecule has 2 rings (SSSR count). The predicted octanol–water partition coefficient (Wildman–Crippen LogP) is 4.49. The lowest BCUT2D eigenvalue weighted by atomic mass is 10.1. The minimum atomic E-state index is 0.0546. The summed E-state index contributed by atoms with van der Waals surface area (Å²) in [7, 11) is 0. The molecule has 3 nitrogen and oxygen atoms in total. The highest BCUT2D eigenvalue weighted by atomic mass is 79.9. The lowest BCUT2D eigenvalue weighted by Crippen LogP contribution is -2.12. The zero-order valence-electron chi connectivity index (χ0n) is 10.4. The summed E-state index contributed by atoms with van der Waals surface area (Å²) in [5.74, 6) is 0.815. The molecular weight excluding hydrogens is 360 g/mol. The van der Waals surface area contributed by atoms with Gasteiger partial charge in [0.1, 0.15) is 0 Å². The van der Waals surface area contributed by atoms with Crippen molar-refractivity contribution in [1.29, 1.82) is 0 Å². The van der Waals surface area contributed by atoms with Gasteiger partial charge in [-0.1, -0.05) is 44.8 Å². The quantitative estimate of drug-likeness (QED) is 0.274. The van der Waals surface area contributed by atoms with Gasteiger partial charge in [-0.05, 0) is 35.9 Å². The molecule has 0 saturated carbocycles. The van der Waals surface area contributed by atoms with Crippen LogP contribution in [0.1, 0.15) is 11.1 Å². The van der Waals surface area contributed by atoms with E-state index >= 15 is 0 Å². The van der Waals surface area contributed by atoms with Gasteiger partial charge in [-0.25, -0.2) is 0 Å². The summed E-state index contributed by atoms with van der Waals surface area (Å²) >= 11 is 11.3. The summed E-state index contributed by atoms with van der Waals surface area (Å²) < 4.78 is 1.06. The van der Waals surface area contributed by atoms with Gasteiger partial charge in [0.2, 0.25) is 0 Å². The number of hydrogen-bond acceptors (Lipinski definition) is 3. The molecule has 0 aliphatic rings. The van der Waals surface area contributed by atoms with Crippen LogP contribution >= 0.6 is 39.3 Å². The molecule has 3 N–H and O–H groups in total. The largest absolute Gasteiger partial charge is 0.409 e. The lowest BCUT2D eigenvalue weighted by Gasteiger charge is -2.07. The Hall–Kier alpha value is -1.17. The van der Waals surface area contributed by atoms with E-state index in [1.165, 1.54) is 4.90 Å². The molecule has 2 aromatic rings. The lowest BCUT2D eigenvalue weighted by molar-refractivity contribution is 0.318. The van der Waals surface area contributed by atoms with Crippen molar-refractivity contribution in [3.05, 3.63) is 63.1 Å². The minimum Gasteiger partial charge on any atom is -0.409 e. The zero-order valence-corrected chi connectivity index (χ0v) is 13.5. The van der Waals surface area contributed by atoms with E-state index in [4.69, 9.17) is 22.5 Å². The zero-order chi connectivity index (χ0) is 14.5. The van der Waals surface area contributed by atoms with Crippen LogP contribution in [0.25, 0.3) is 0 Å². The third kappa shape index (κ3) is 3.91. The third-order valence-electron chi connectivity index (χ3n) is 2.66. The molecule has 0 radical (unpaired) electrons. The van der Waals surface area contributed by atoms with E-state index in [1.54, 1.807) is 23.9 Å². The molecule has 0 spiro atoms. The summed E-state index contributed by atoms with van der Waals surface area (Å²) in [6.45, 7) is 0. The van der Waals surface area contributed by atoms with Crippen LogP contribution in [-0.2, 0) is 5.75 Å². The van der Waals surface area contributed by atoms with Gasteiger partial charge in [0.25, 0.3) is 0 Å². The number of oxime groups is 1. The first-order valence-electron chi connectivity index (χ1n) is 5.75. The van der Waals surface area contributed by atoms with Crippen molar-refractivity contribution in [3.63, 3.8) is 0 Å². The van der Waals surface area contributed by atoms with Crippen molar-refractivity contribution in [2.24, 2.45) is 10.9 Å². The maximum absolute atomic E-state index is 8.63. The molecule has 0 saturated heterocycles. The Kier molecular flexibility index (Phi) is 5.34. The van der Waals surface area contributed by atoms with Crippen LogP contribution in [0, 0.1) is 0 Å². The van der Waals surface area contributed by atoms with Crippen molar-refractivity contribution in [2.45, 2.75) is 10.6 Å². The first-order chi connectivity index (χ1) is 9.60. The van der Waals surface area contributed by atoms with E-state index < -0.39 is 0 Å². The Bertz CT molecular complexity index is 632. The normalized spacial score (nSPS) is 11.6. The van der Waals surface area contributed by atoms with E-state index in [1.807, 2.05) is 30.3 Å². The molecule has 0 heterocycles. The molecule has 0 aliphatic heterocycles. The molecule has 0 amide bonds. The fraction of sp³-hybridized carbons (Fsp3) is 0.0714. The van der Waals surface area contributed by atoms with Gasteiger partial charge in [0.15, 0.2) is 5.84 Å². The molecule has 2 aromatic carbocycles. The predicted molar refractivity (Wildman–Crippen MR) is 87.7 cm³/mol. The first kappa shape index (κ1) is 15.2. The number of rotatable bonds is 4. The molecule has 104 valence electrons. The Morgan fingerprint density at radius 1 is 1.25 bits per heavy atom. The second kappa shape index (κ2) is 7.02. The second-order valence-electron chi connectivity index (χ2n) is 4.03. The average Bonchev–Trinajstić information content (AvgIpc) is 2.46. The van der Waals surface area contributed by atoms with Gasteiger partial charge in [0, 0.05) is 25.7 Å². The molecule has 0 bridgehead atoms. The van der Waals surface area contributed by atoms with Crippen molar-refractivity contribution >= 4 is 45.1 Å². The fourth-order valence-electron chi connectivity index (χ4n) is 1.57. The van der Waals surface area contributed by atoms with E-state index in [0.29, 0.717) is 10.6 Å². The van der Waals surface area contributed by atoms with Crippen LogP contribution in [0.4, 0.5) is 0 Å². The molecule has 0 aliphatic carbocycles. The summed E-state index contributed by atoms with van der Waals surface area (Å²) in [6, 6.07) is 13.5. The van der Waals surface area contributed by atoms with E-state index in [0.717, 1.165) is 15.8 Å². The average molecular weight is 372 g/mol. The number of amidine groups is 1. The third-order valence-corrected chi connectivity index (χ3v) is 4.61. The van der Waals surface area contributed by atoms with Crippen molar-refractivity contribution in [2.75, 3.05) is 0 Å². The molecule has 0 atom stereocenters. The SMILES string of the molecule is N/C(=N/O)c1ccc(CSc2ccc(Br)cc2)c(Cl)c1. The molecular formula is C14H12BrClN2OS. The standard InChI is InChI=1S/C14H12BrClN2OS/c15-11-3-5-12(6-4-11)20-8-10-2-1-9(7-13(10)16)14(17)18-19/h1-7,19H,8H2,(H2,17,18). The topological polar surface area (TPSA) is 58.6 Å². The highest BCUT2D eigenvalue weighted by Crippen LogP contribution is 2.28. The van der Waals surface area contributed by atoms with Crippen molar-refractivity contribution in [1.82, 2.24) is 0 Å². The number of thioether (sulfide) groups is 1. The Labute approximate surface area is 134 Å². The maximum Gasteiger partial charge on any atom is 0.170 e. The van der Waals surface area contributed by atoms with E-state index in [2.05, 4.69) is 21.1 Å². The molecule has 6 heteroatoms. The van der Waals surface area contributed by atoms with Crippen LogP contribution in [0.3, 0.4) is 0 Å². The maximum atomic E-state index is 8.63.